The molecule has 3 aromatic rings. The maximum absolute atomic E-state index is 13.3. The van der Waals surface area contributed by atoms with Crippen molar-refractivity contribution in [2.24, 2.45) is 10.2 Å². The van der Waals surface area contributed by atoms with E-state index in [9.17, 15) is 9.18 Å². The summed E-state index contributed by atoms with van der Waals surface area (Å²) in [6, 6.07) is 20.9. The van der Waals surface area contributed by atoms with Crippen molar-refractivity contribution in [1.82, 2.24) is 10.0 Å². The van der Waals surface area contributed by atoms with Crippen LogP contribution in [0, 0.1) is 5.82 Å². The molecule has 0 fully saturated rings. The summed E-state index contributed by atoms with van der Waals surface area (Å²) in [6.07, 6.45) is 1.73. The third-order valence-corrected chi connectivity index (χ3v) is 5.89. The number of fused-ring (bicyclic) bond motifs is 1. The fourth-order valence-electron chi connectivity index (χ4n) is 3.73. The quantitative estimate of drug-likeness (QED) is 0.392. The van der Waals surface area contributed by atoms with Crippen molar-refractivity contribution < 1.29 is 9.18 Å². The lowest BCUT2D eigenvalue weighted by Crippen LogP contribution is -2.46. The fourth-order valence-corrected chi connectivity index (χ4v) is 3.98. The molecule has 0 unspecified atom stereocenters. The molecule has 0 aromatic heterocycles. The summed E-state index contributed by atoms with van der Waals surface area (Å²) < 4.78 is 13.3. The Balaban J connectivity index is 0.00000141. The molecule has 1 amide bonds. The van der Waals surface area contributed by atoms with E-state index in [-0.39, 0.29) is 24.8 Å². The topological polar surface area (TPSA) is 48.3 Å². The Labute approximate surface area is 213 Å². The highest BCUT2D eigenvalue weighted by atomic mass is 35.5. The van der Waals surface area contributed by atoms with Crippen LogP contribution in [0.5, 0.6) is 0 Å². The number of amidine groups is 1. The number of hydrogen-bond donors (Lipinski definition) is 0. The van der Waals surface area contributed by atoms with Gasteiger partial charge in [-0.2, -0.15) is 5.10 Å². The van der Waals surface area contributed by atoms with E-state index in [1.165, 1.54) is 17.1 Å². The lowest BCUT2D eigenvalue weighted by atomic mass is 9.93. The molecule has 0 N–H and O–H groups in total. The van der Waals surface area contributed by atoms with Gasteiger partial charge in [0.15, 0.2) is 5.84 Å². The van der Waals surface area contributed by atoms with E-state index in [4.69, 9.17) is 23.2 Å². The molecule has 0 saturated heterocycles. The van der Waals surface area contributed by atoms with Crippen LogP contribution in [0.4, 0.5) is 4.39 Å². The minimum absolute atomic E-state index is 0.0432. The summed E-state index contributed by atoms with van der Waals surface area (Å²) in [4.78, 5) is 12.8. The number of nitrogens with zero attached hydrogens (tertiary/aromatic N) is 4. The Morgan fingerprint density at radius 1 is 0.857 bits per heavy atom. The zero-order valence-corrected chi connectivity index (χ0v) is 20.8. The highest BCUT2D eigenvalue weighted by Gasteiger charge is 2.33. The van der Waals surface area contributed by atoms with Crippen LogP contribution in [-0.2, 0) is 11.3 Å². The average Bonchev–Trinajstić information content (AvgIpc) is 2.88. The molecule has 2 aliphatic heterocycles. The molecule has 35 heavy (non-hydrogen) atoms. The summed E-state index contributed by atoms with van der Waals surface area (Å²) in [5.74, 6) is 0.0144. The summed E-state index contributed by atoms with van der Waals surface area (Å²) >= 11 is 12.2. The van der Waals surface area contributed by atoms with Gasteiger partial charge in [0.2, 0.25) is 0 Å². The molecule has 5 rings (SSSR count). The van der Waals surface area contributed by atoms with E-state index in [2.05, 4.69) is 10.2 Å². The molecule has 8 heteroatoms. The van der Waals surface area contributed by atoms with Crippen LogP contribution in [-0.4, -0.2) is 34.5 Å². The molecule has 3 aromatic carbocycles. The molecular formula is C27H23Cl2FN4O. The van der Waals surface area contributed by atoms with Crippen molar-refractivity contribution in [3.63, 3.8) is 0 Å². The smallest absolute Gasteiger partial charge is 0.264 e. The summed E-state index contributed by atoms with van der Waals surface area (Å²) in [5.41, 5.74) is 4.24. The summed E-state index contributed by atoms with van der Waals surface area (Å²) in [6.45, 7) is 4.27. The second-order valence-corrected chi connectivity index (χ2v) is 8.48. The fraction of sp³-hybridized carbons (Fsp3) is 0.148. The molecule has 0 aliphatic carbocycles. The normalized spacial score (nSPS) is 14.9. The Hall–Kier alpha value is -3.48. The Morgan fingerprint density at radius 3 is 2.03 bits per heavy atom. The van der Waals surface area contributed by atoms with Gasteiger partial charge < -0.3 is 0 Å². The number of benzene rings is 3. The molecular weight excluding hydrogens is 486 g/mol. The predicted octanol–water partition coefficient (Wildman–Crippen LogP) is 6.73. The number of hydrazone groups is 2. The predicted molar refractivity (Wildman–Crippen MR) is 141 cm³/mol. The van der Waals surface area contributed by atoms with Gasteiger partial charge in [-0.05, 0) is 53.1 Å². The highest BCUT2D eigenvalue weighted by Crippen LogP contribution is 2.33. The standard InChI is InChI=1S/C25H17Cl2FN4O.C2H6/c26-19-7-3-17(4-8-19)22-13-29-32-15-23(33)31(14-16-1-11-21(28)12-2-16)30-25(32)24(22)18-5-9-20(27)10-6-18;1-2/h1-13H,14-15H2;1-2H3. The minimum atomic E-state index is -0.330. The van der Waals surface area contributed by atoms with E-state index < -0.39 is 0 Å². The number of rotatable bonds is 4. The van der Waals surface area contributed by atoms with Crippen molar-refractivity contribution in [2.75, 3.05) is 6.54 Å². The molecule has 0 bridgehead atoms. The van der Waals surface area contributed by atoms with Gasteiger partial charge in [-0.25, -0.2) is 14.4 Å². The van der Waals surface area contributed by atoms with E-state index in [0.717, 1.165) is 27.8 Å². The largest absolute Gasteiger partial charge is 0.271 e. The molecule has 2 heterocycles. The third kappa shape index (κ3) is 5.45. The Morgan fingerprint density at radius 2 is 1.43 bits per heavy atom. The maximum Gasteiger partial charge on any atom is 0.264 e. The number of amides is 1. The third-order valence-electron chi connectivity index (χ3n) is 5.39. The van der Waals surface area contributed by atoms with E-state index >= 15 is 0 Å². The summed E-state index contributed by atoms with van der Waals surface area (Å²) in [5, 5.41) is 13.4. The molecule has 0 atom stereocenters. The number of hydrogen-bond acceptors (Lipinski definition) is 4. The van der Waals surface area contributed by atoms with Crippen LogP contribution in [0.25, 0.3) is 11.1 Å². The van der Waals surface area contributed by atoms with Gasteiger partial charge >= 0.3 is 0 Å². The SMILES string of the molecule is CC.O=C1CN2N=CC(c3ccc(Cl)cc3)=C(c3ccc(Cl)cc3)C2=NN1Cc1ccc(F)cc1. The van der Waals surface area contributed by atoms with Crippen molar-refractivity contribution in [3.05, 3.63) is 105 Å². The van der Waals surface area contributed by atoms with Gasteiger partial charge in [0.1, 0.15) is 12.4 Å². The number of allylic oxidation sites excluding steroid dienone is 1. The van der Waals surface area contributed by atoms with Crippen LogP contribution >= 0.6 is 23.2 Å². The molecule has 178 valence electrons. The van der Waals surface area contributed by atoms with Gasteiger partial charge in [0.05, 0.1) is 12.8 Å². The molecule has 5 nitrogen and oxygen atoms in total. The van der Waals surface area contributed by atoms with E-state index in [0.29, 0.717) is 15.9 Å². The number of halogens is 3. The molecule has 2 aliphatic rings. The van der Waals surface area contributed by atoms with Crippen LogP contribution in [0.15, 0.2) is 83.0 Å². The lowest BCUT2D eigenvalue weighted by Gasteiger charge is -2.34. The van der Waals surface area contributed by atoms with E-state index in [1.807, 2.05) is 62.4 Å². The number of carbonyl (C=O) groups excluding carboxylic acids is 1. The monoisotopic (exact) mass is 508 g/mol. The van der Waals surface area contributed by atoms with Gasteiger partial charge in [-0.15, -0.1) is 5.10 Å². The second kappa shape index (κ2) is 10.8. The van der Waals surface area contributed by atoms with E-state index in [1.54, 1.807) is 23.4 Å². The first-order valence-corrected chi connectivity index (χ1v) is 11.9. The first kappa shape index (κ1) is 24.6. The van der Waals surface area contributed by atoms with Crippen LogP contribution < -0.4 is 0 Å². The van der Waals surface area contributed by atoms with Gasteiger partial charge in [0, 0.05) is 21.2 Å². The van der Waals surface area contributed by atoms with Gasteiger partial charge in [0.25, 0.3) is 5.91 Å². The van der Waals surface area contributed by atoms with Crippen molar-refractivity contribution >= 4 is 52.3 Å². The molecule has 0 saturated carbocycles. The molecule has 0 spiro atoms. The first-order valence-electron chi connectivity index (χ1n) is 11.2. The van der Waals surface area contributed by atoms with Crippen LogP contribution in [0.2, 0.25) is 10.0 Å². The highest BCUT2D eigenvalue weighted by molar-refractivity contribution is 6.40. The van der Waals surface area contributed by atoms with Gasteiger partial charge in [-0.3, -0.25) is 4.79 Å². The lowest BCUT2D eigenvalue weighted by molar-refractivity contribution is -0.133. The second-order valence-electron chi connectivity index (χ2n) is 7.61. The maximum atomic E-state index is 13.3. The van der Waals surface area contributed by atoms with Crippen molar-refractivity contribution in [1.29, 1.82) is 0 Å². The first-order chi connectivity index (χ1) is 17.0. The Kier molecular flexibility index (Phi) is 7.63. The van der Waals surface area contributed by atoms with Gasteiger partial charge in [-0.1, -0.05) is 73.4 Å². The number of carbonyl (C=O) groups is 1. The molecule has 0 radical (unpaired) electrons. The van der Waals surface area contributed by atoms with Crippen LogP contribution in [0.1, 0.15) is 30.5 Å². The van der Waals surface area contributed by atoms with Crippen molar-refractivity contribution in [2.45, 2.75) is 20.4 Å². The average molecular weight is 509 g/mol. The zero-order valence-electron chi connectivity index (χ0n) is 19.3. The Bertz CT molecular complexity index is 1300. The zero-order chi connectivity index (χ0) is 24.9. The minimum Gasteiger partial charge on any atom is -0.271 e. The van der Waals surface area contributed by atoms with Crippen LogP contribution in [0.3, 0.4) is 0 Å². The summed E-state index contributed by atoms with van der Waals surface area (Å²) in [7, 11) is 0. The van der Waals surface area contributed by atoms with Crippen molar-refractivity contribution in [3.8, 4) is 0 Å².